The van der Waals surface area contributed by atoms with Gasteiger partial charge in [-0.15, -0.1) is 0 Å². The van der Waals surface area contributed by atoms with Crippen molar-refractivity contribution < 1.29 is 18.1 Å². The number of rotatable bonds is 5. The summed E-state index contributed by atoms with van der Waals surface area (Å²) >= 11 is 0. The Labute approximate surface area is 118 Å². The first kappa shape index (κ1) is 14.4. The highest BCUT2D eigenvalue weighted by molar-refractivity contribution is 7.85. The van der Waals surface area contributed by atoms with E-state index in [0.717, 1.165) is 6.07 Å². The summed E-state index contributed by atoms with van der Waals surface area (Å²) in [4.78, 5) is 12.7. The zero-order chi connectivity index (χ0) is 14.5. The maximum atomic E-state index is 13.2. The first-order chi connectivity index (χ1) is 9.61. The van der Waals surface area contributed by atoms with Gasteiger partial charge in [-0.25, -0.2) is 4.39 Å². The fourth-order valence-corrected chi connectivity index (χ4v) is 2.77. The van der Waals surface area contributed by atoms with Crippen molar-refractivity contribution in [2.24, 2.45) is 0 Å². The molecule has 0 fully saturated rings. The zero-order valence-electron chi connectivity index (χ0n) is 10.8. The minimum atomic E-state index is -1.46. The third kappa shape index (κ3) is 3.30. The Bertz CT molecular complexity index is 641. The fraction of sp³-hybridized carbons (Fsp3) is 0.133. The van der Waals surface area contributed by atoms with Gasteiger partial charge in [0, 0.05) is 4.90 Å². The van der Waals surface area contributed by atoms with Gasteiger partial charge in [-0.2, -0.15) is 0 Å². The number of ether oxygens (including phenoxy) is 1. The van der Waals surface area contributed by atoms with Crippen LogP contribution in [0.5, 0.6) is 5.75 Å². The predicted octanol–water partition coefficient (Wildman–Crippen LogP) is 2.82. The second-order valence-corrected chi connectivity index (χ2v) is 5.52. The summed E-state index contributed by atoms with van der Waals surface area (Å²) < 4.78 is 30.3. The van der Waals surface area contributed by atoms with Crippen molar-refractivity contribution in [3.05, 3.63) is 59.9 Å². The molecule has 0 amide bonds. The number of ketones is 1. The Balaban J connectivity index is 2.21. The van der Waals surface area contributed by atoms with Crippen LogP contribution in [0.4, 0.5) is 4.39 Å². The molecule has 3 nitrogen and oxygen atoms in total. The summed E-state index contributed by atoms with van der Waals surface area (Å²) in [7, 11) is -0.0574. The van der Waals surface area contributed by atoms with Gasteiger partial charge in [-0.1, -0.05) is 18.2 Å². The monoisotopic (exact) mass is 292 g/mol. The Kier molecular flexibility index (Phi) is 4.63. The molecule has 2 aromatic rings. The van der Waals surface area contributed by atoms with E-state index in [1.807, 2.05) is 0 Å². The highest BCUT2D eigenvalue weighted by atomic mass is 32.2. The topological polar surface area (TPSA) is 43.4 Å². The van der Waals surface area contributed by atoms with Gasteiger partial charge < -0.3 is 4.74 Å². The average Bonchev–Trinajstić information content (AvgIpc) is 2.48. The normalized spacial score (nSPS) is 11.9. The van der Waals surface area contributed by atoms with Crippen LogP contribution in [-0.2, 0) is 10.8 Å². The van der Waals surface area contributed by atoms with Crippen molar-refractivity contribution in [2.45, 2.75) is 4.90 Å². The molecule has 2 rings (SSSR count). The van der Waals surface area contributed by atoms with Gasteiger partial charge in [0.2, 0.25) is 0 Å². The summed E-state index contributed by atoms with van der Waals surface area (Å²) in [5.74, 6) is -0.867. The lowest BCUT2D eigenvalue weighted by molar-refractivity contribution is 0.101. The first-order valence-corrected chi connectivity index (χ1v) is 7.24. The van der Waals surface area contributed by atoms with Crippen LogP contribution in [0.15, 0.2) is 53.4 Å². The molecule has 0 spiro atoms. The second kappa shape index (κ2) is 6.43. The van der Waals surface area contributed by atoms with Crippen LogP contribution in [0.1, 0.15) is 10.4 Å². The summed E-state index contributed by atoms with van der Waals surface area (Å²) in [5, 5.41) is 0. The SMILES string of the molecule is COc1ccc(F)cc1C(=O)CS(=O)c1ccccc1. The molecule has 0 aliphatic carbocycles. The lowest BCUT2D eigenvalue weighted by atomic mass is 10.1. The Morgan fingerprint density at radius 3 is 2.55 bits per heavy atom. The van der Waals surface area contributed by atoms with Crippen molar-refractivity contribution >= 4 is 16.6 Å². The number of halogens is 1. The third-order valence-electron chi connectivity index (χ3n) is 2.73. The molecule has 0 bridgehead atoms. The molecule has 0 radical (unpaired) electrons. The number of hydrogen-bond donors (Lipinski definition) is 0. The number of benzene rings is 2. The molecule has 0 aliphatic heterocycles. The minimum absolute atomic E-state index is 0.108. The Hall–Kier alpha value is -2.01. The van der Waals surface area contributed by atoms with E-state index in [2.05, 4.69) is 0 Å². The number of carbonyl (C=O) groups is 1. The smallest absolute Gasteiger partial charge is 0.179 e. The first-order valence-electron chi connectivity index (χ1n) is 5.92. The number of Topliss-reactive ketones (excluding diaryl/α,β-unsaturated/α-hetero) is 1. The lowest BCUT2D eigenvalue weighted by Crippen LogP contribution is -2.12. The maximum Gasteiger partial charge on any atom is 0.179 e. The van der Waals surface area contributed by atoms with Crippen LogP contribution >= 0.6 is 0 Å². The van der Waals surface area contributed by atoms with Crippen molar-refractivity contribution in [1.29, 1.82) is 0 Å². The van der Waals surface area contributed by atoms with Crippen LogP contribution in [0.3, 0.4) is 0 Å². The van der Waals surface area contributed by atoms with Gasteiger partial charge in [0.1, 0.15) is 11.6 Å². The van der Waals surface area contributed by atoms with Gasteiger partial charge in [-0.05, 0) is 30.3 Å². The van der Waals surface area contributed by atoms with E-state index < -0.39 is 22.4 Å². The lowest BCUT2D eigenvalue weighted by Gasteiger charge is -2.07. The molecule has 0 aliphatic rings. The van der Waals surface area contributed by atoms with Gasteiger partial charge in [0.25, 0.3) is 0 Å². The number of hydrogen-bond acceptors (Lipinski definition) is 3. The largest absolute Gasteiger partial charge is 0.496 e. The van der Waals surface area contributed by atoms with Crippen LogP contribution in [-0.4, -0.2) is 22.9 Å². The van der Waals surface area contributed by atoms with Crippen molar-refractivity contribution in [3.63, 3.8) is 0 Å². The van der Waals surface area contributed by atoms with E-state index in [1.165, 1.54) is 19.2 Å². The van der Waals surface area contributed by atoms with Crippen LogP contribution in [0.2, 0.25) is 0 Å². The third-order valence-corrected chi connectivity index (χ3v) is 4.05. The van der Waals surface area contributed by atoms with Gasteiger partial charge in [-0.3, -0.25) is 9.00 Å². The summed E-state index contributed by atoms with van der Waals surface area (Å²) in [6, 6.07) is 12.4. The van der Waals surface area contributed by atoms with Gasteiger partial charge in [0.15, 0.2) is 5.78 Å². The highest BCUT2D eigenvalue weighted by Crippen LogP contribution is 2.20. The average molecular weight is 292 g/mol. The molecule has 0 aromatic heterocycles. The van der Waals surface area contributed by atoms with Gasteiger partial charge >= 0.3 is 0 Å². The molecule has 0 saturated carbocycles. The molecule has 1 unspecified atom stereocenters. The van der Waals surface area contributed by atoms with E-state index in [1.54, 1.807) is 30.3 Å². The van der Waals surface area contributed by atoms with E-state index in [0.29, 0.717) is 4.90 Å². The zero-order valence-corrected chi connectivity index (χ0v) is 11.7. The summed E-state index contributed by atoms with van der Waals surface area (Å²) in [6.07, 6.45) is 0. The number of methoxy groups -OCH3 is 1. The highest BCUT2D eigenvalue weighted by Gasteiger charge is 2.17. The van der Waals surface area contributed by atoms with Crippen molar-refractivity contribution in [1.82, 2.24) is 0 Å². The Morgan fingerprint density at radius 1 is 1.20 bits per heavy atom. The molecule has 20 heavy (non-hydrogen) atoms. The van der Waals surface area contributed by atoms with E-state index in [-0.39, 0.29) is 17.1 Å². The summed E-state index contributed by atoms with van der Waals surface area (Å²) in [5.41, 5.74) is 0.108. The maximum absolute atomic E-state index is 13.2. The van der Waals surface area contributed by atoms with E-state index in [4.69, 9.17) is 4.74 Å². The molecule has 1 atom stereocenters. The second-order valence-electron chi connectivity index (χ2n) is 4.07. The quantitative estimate of drug-likeness (QED) is 0.796. The molecule has 2 aromatic carbocycles. The van der Waals surface area contributed by atoms with E-state index >= 15 is 0 Å². The van der Waals surface area contributed by atoms with Crippen LogP contribution in [0.25, 0.3) is 0 Å². The molecular formula is C15H13FO3S. The molecular weight excluding hydrogens is 279 g/mol. The van der Waals surface area contributed by atoms with E-state index in [9.17, 15) is 13.4 Å². The Morgan fingerprint density at radius 2 is 1.90 bits per heavy atom. The molecule has 5 heteroatoms. The number of carbonyl (C=O) groups excluding carboxylic acids is 1. The molecule has 104 valence electrons. The van der Waals surface area contributed by atoms with Gasteiger partial charge in [0.05, 0.1) is 29.2 Å². The molecule has 0 heterocycles. The van der Waals surface area contributed by atoms with Crippen molar-refractivity contribution in [3.8, 4) is 5.75 Å². The predicted molar refractivity (Wildman–Crippen MR) is 75.0 cm³/mol. The molecule has 0 saturated heterocycles. The van der Waals surface area contributed by atoms with Crippen LogP contribution < -0.4 is 4.74 Å². The summed E-state index contributed by atoms with van der Waals surface area (Å²) in [6.45, 7) is 0. The standard InChI is InChI=1S/C15H13FO3S/c1-19-15-8-7-11(16)9-13(15)14(17)10-20(18)12-5-3-2-4-6-12/h2-9H,10H2,1H3. The minimum Gasteiger partial charge on any atom is -0.496 e. The molecule has 0 N–H and O–H groups in total. The van der Waals surface area contributed by atoms with Crippen molar-refractivity contribution in [2.75, 3.05) is 12.9 Å². The fourth-order valence-electron chi connectivity index (χ4n) is 1.75. The van der Waals surface area contributed by atoms with Crippen LogP contribution in [0, 0.1) is 5.82 Å².